The Balaban J connectivity index is 0.812. The zero-order chi connectivity index (χ0) is 45.2. The molecule has 4 aromatic heterocycles. The maximum absolute atomic E-state index is 5.52. The van der Waals surface area contributed by atoms with Crippen molar-refractivity contribution in [1.29, 1.82) is 0 Å². The maximum Gasteiger partial charge on any atom is 0.156 e. The predicted octanol–water partition coefficient (Wildman–Crippen LogP) is 18.1. The van der Waals surface area contributed by atoms with Crippen molar-refractivity contribution in [3.05, 3.63) is 237 Å². The van der Waals surface area contributed by atoms with Crippen molar-refractivity contribution >= 4 is 102 Å². The maximum atomic E-state index is 5.52. The summed E-state index contributed by atoms with van der Waals surface area (Å²) < 4.78 is 7.26. The summed E-state index contributed by atoms with van der Waals surface area (Å²) in [5.74, 6) is 0. The quantitative estimate of drug-likeness (QED) is 0.158. The number of thiophene rings is 1. The monoisotopic (exact) mass is 893 g/mol. The van der Waals surface area contributed by atoms with Crippen LogP contribution in [0.5, 0.6) is 0 Å². The first-order valence-electron chi connectivity index (χ1n) is 23.6. The molecule has 15 aromatic rings. The Bertz CT molecular complexity index is 4570. The van der Waals surface area contributed by atoms with E-state index in [-0.39, 0.29) is 0 Å². The van der Waals surface area contributed by atoms with E-state index in [2.05, 4.69) is 246 Å². The van der Waals surface area contributed by atoms with Gasteiger partial charge in [-0.15, -0.1) is 11.3 Å². The second-order valence-electron chi connectivity index (χ2n) is 18.3. The molecule has 0 aliphatic carbocycles. The van der Waals surface area contributed by atoms with E-state index in [1.807, 2.05) is 11.3 Å². The zero-order valence-corrected chi connectivity index (χ0v) is 38.1. The van der Waals surface area contributed by atoms with Crippen LogP contribution >= 0.6 is 11.3 Å². The van der Waals surface area contributed by atoms with E-state index < -0.39 is 0 Å². The van der Waals surface area contributed by atoms with Crippen molar-refractivity contribution < 1.29 is 0 Å². The third-order valence-electron chi connectivity index (χ3n) is 14.5. The fraction of sp³-hybridized carbons (Fsp3) is 0. The van der Waals surface area contributed by atoms with E-state index in [1.54, 1.807) is 0 Å². The predicted molar refractivity (Wildman–Crippen MR) is 294 cm³/mol. The Morgan fingerprint density at radius 2 is 0.913 bits per heavy atom. The van der Waals surface area contributed by atoms with E-state index in [4.69, 9.17) is 4.98 Å². The molecule has 15 rings (SSSR count). The molecule has 0 aliphatic rings. The van der Waals surface area contributed by atoms with E-state index in [1.165, 1.54) is 113 Å². The lowest BCUT2D eigenvalue weighted by Gasteiger charge is -2.14. The normalized spacial score (nSPS) is 12.1. The molecule has 0 atom stereocenters. The van der Waals surface area contributed by atoms with Crippen LogP contribution in [0.2, 0.25) is 0 Å². The van der Waals surface area contributed by atoms with Gasteiger partial charge in [0.1, 0.15) is 0 Å². The highest BCUT2D eigenvalue weighted by Crippen LogP contribution is 2.43. The summed E-state index contributed by atoms with van der Waals surface area (Å²) in [5.41, 5.74) is 16.3. The molecule has 11 aromatic carbocycles. The summed E-state index contributed by atoms with van der Waals surface area (Å²) in [5, 5.41) is 12.4. The number of hydrogen-bond acceptors (Lipinski definition) is 2. The van der Waals surface area contributed by atoms with Gasteiger partial charge >= 0.3 is 0 Å². The van der Waals surface area contributed by atoms with Crippen LogP contribution in [0, 0.1) is 0 Å². The molecule has 0 unspecified atom stereocenters. The minimum absolute atomic E-state index is 1.01. The van der Waals surface area contributed by atoms with E-state index in [0.29, 0.717) is 0 Å². The largest absolute Gasteiger partial charge is 0.309 e. The summed E-state index contributed by atoms with van der Waals surface area (Å²) >= 11 is 1.83. The minimum atomic E-state index is 1.01. The average molecular weight is 894 g/mol. The number of rotatable bonds is 5. The highest BCUT2D eigenvalue weighted by molar-refractivity contribution is 7.26. The lowest BCUT2D eigenvalue weighted by Crippen LogP contribution is -1.93. The lowest BCUT2D eigenvalue weighted by atomic mass is 9.91. The molecule has 0 amide bonds. The summed E-state index contributed by atoms with van der Waals surface area (Å²) in [6.07, 6.45) is 0. The minimum Gasteiger partial charge on any atom is -0.309 e. The number of hydrogen-bond donors (Lipinski definition) is 0. The second-order valence-corrected chi connectivity index (χ2v) is 19.3. The summed E-state index contributed by atoms with van der Waals surface area (Å²) in [6.45, 7) is 0. The number of benzene rings is 11. The lowest BCUT2D eigenvalue weighted by molar-refractivity contribution is 1.18. The smallest absolute Gasteiger partial charge is 0.156 e. The molecule has 69 heavy (non-hydrogen) atoms. The van der Waals surface area contributed by atoms with E-state index >= 15 is 0 Å². The molecule has 3 nitrogen and oxygen atoms in total. The Hall–Kier alpha value is -8.83. The number of fused-ring (bicyclic) bond motifs is 14. The van der Waals surface area contributed by atoms with Crippen LogP contribution in [0.1, 0.15) is 0 Å². The molecule has 0 aliphatic heterocycles. The molecule has 0 fully saturated rings. The third kappa shape index (κ3) is 5.83. The Labute approximate surface area is 401 Å². The molecule has 320 valence electrons. The van der Waals surface area contributed by atoms with E-state index in [0.717, 1.165) is 27.9 Å². The number of para-hydroxylation sites is 2. The van der Waals surface area contributed by atoms with Crippen LogP contribution < -0.4 is 0 Å². The zero-order valence-electron chi connectivity index (χ0n) is 37.3. The van der Waals surface area contributed by atoms with Gasteiger partial charge in [0.2, 0.25) is 0 Å². The number of pyridine rings is 1. The van der Waals surface area contributed by atoms with E-state index in [9.17, 15) is 0 Å². The van der Waals surface area contributed by atoms with Crippen molar-refractivity contribution in [2.24, 2.45) is 0 Å². The molecule has 0 N–H and O–H groups in total. The van der Waals surface area contributed by atoms with Gasteiger partial charge in [-0.25, -0.2) is 4.98 Å². The van der Waals surface area contributed by atoms with Gasteiger partial charge in [0, 0.05) is 37.3 Å². The summed E-state index contributed by atoms with van der Waals surface area (Å²) in [7, 11) is 0. The fourth-order valence-corrected chi connectivity index (χ4v) is 12.4. The van der Waals surface area contributed by atoms with Crippen molar-refractivity contribution in [2.45, 2.75) is 0 Å². The summed E-state index contributed by atoms with van der Waals surface area (Å²) in [4.78, 5) is 5.52. The van der Waals surface area contributed by atoms with Gasteiger partial charge in [0.15, 0.2) is 5.65 Å². The van der Waals surface area contributed by atoms with Gasteiger partial charge in [-0.2, -0.15) is 0 Å². The van der Waals surface area contributed by atoms with Gasteiger partial charge < -0.3 is 4.57 Å². The van der Waals surface area contributed by atoms with Crippen LogP contribution in [-0.4, -0.2) is 14.0 Å². The number of nitrogens with zero attached hydrogens (tertiary/aromatic N) is 3. The molecule has 0 bridgehead atoms. The van der Waals surface area contributed by atoms with Crippen molar-refractivity contribution in [3.63, 3.8) is 0 Å². The molecule has 4 heteroatoms. The number of aromatic nitrogens is 3. The van der Waals surface area contributed by atoms with Crippen molar-refractivity contribution in [3.8, 4) is 50.3 Å². The van der Waals surface area contributed by atoms with Crippen LogP contribution in [-0.2, 0) is 0 Å². The Morgan fingerprint density at radius 3 is 1.67 bits per heavy atom. The molecule has 0 spiro atoms. The standard InChI is InChI=1S/C65H39N3S/c1-2-14-48(15-3-1)67-58-20-10-8-18-53(58)56-38-46(30-34-59(56)67)40-22-24-41(25-23-40)49-32-33-50(52-17-7-6-16-51(49)52)42-26-28-43(29-27-42)61-39-57-54-19-9-11-21-62(54)69-64(57)65-66-63-55-37-45-13-5-4-12-44(45)36-47(55)31-35-60(63)68(61)65/h1-39H. The molecular weight excluding hydrogens is 855 g/mol. The first-order valence-corrected chi connectivity index (χ1v) is 24.4. The van der Waals surface area contributed by atoms with Gasteiger partial charge in [0.25, 0.3) is 0 Å². The Morgan fingerprint density at radius 1 is 0.333 bits per heavy atom. The van der Waals surface area contributed by atoms with Crippen LogP contribution in [0.15, 0.2) is 237 Å². The Kier molecular flexibility index (Phi) is 8.23. The summed E-state index contributed by atoms with van der Waals surface area (Å²) in [6, 6.07) is 86.9. The van der Waals surface area contributed by atoms with Crippen molar-refractivity contribution in [1.82, 2.24) is 14.0 Å². The first-order chi connectivity index (χ1) is 34.2. The van der Waals surface area contributed by atoms with Gasteiger partial charge in [-0.1, -0.05) is 176 Å². The first kappa shape index (κ1) is 38.3. The van der Waals surface area contributed by atoms with Gasteiger partial charge in [-0.05, 0) is 127 Å². The topological polar surface area (TPSA) is 22.2 Å². The molecule has 0 saturated carbocycles. The van der Waals surface area contributed by atoms with Gasteiger partial charge in [-0.3, -0.25) is 4.40 Å². The molecular formula is C65H39N3S. The van der Waals surface area contributed by atoms with Crippen molar-refractivity contribution in [2.75, 3.05) is 0 Å². The van der Waals surface area contributed by atoms with Gasteiger partial charge in [0.05, 0.1) is 32.5 Å². The molecule has 0 radical (unpaired) electrons. The highest BCUT2D eigenvalue weighted by Gasteiger charge is 2.20. The second kappa shape index (κ2) is 14.8. The third-order valence-corrected chi connectivity index (χ3v) is 15.7. The number of imidazole rings is 1. The highest BCUT2D eigenvalue weighted by atomic mass is 32.1. The van der Waals surface area contributed by atoms with Crippen LogP contribution in [0.3, 0.4) is 0 Å². The van der Waals surface area contributed by atoms with Crippen LogP contribution in [0.4, 0.5) is 0 Å². The fourth-order valence-electron chi connectivity index (χ4n) is 11.2. The molecule has 4 heterocycles. The average Bonchev–Trinajstić information content (AvgIpc) is 4.10. The van der Waals surface area contributed by atoms with Crippen LogP contribution in [0.25, 0.3) is 141 Å². The molecule has 0 saturated heterocycles. The SMILES string of the molecule is c1ccc(-n2c3ccccc3c3cc(-c4ccc(-c5ccc(-c6ccc(-c7cc8c9ccccc9sc8c8nc9c%10cc%11ccccc%11cc%10ccc9n78)cc6)c6ccccc56)cc4)ccc32)cc1.